The lowest BCUT2D eigenvalue weighted by molar-refractivity contribution is -0.127. The summed E-state index contributed by atoms with van der Waals surface area (Å²) in [5.41, 5.74) is 2.29. The molecule has 1 aliphatic rings. The van der Waals surface area contributed by atoms with Crippen LogP contribution in [0.5, 0.6) is 11.5 Å². The minimum absolute atomic E-state index is 0.0878. The fourth-order valence-electron chi connectivity index (χ4n) is 2.93. The summed E-state index contributed by atoms with van der Waals surface area (Å²) in [6.07, 6.45) is 0.161. The van der Waals surface area contributed by atoms with E-state index in [1.54, 1.807) is 30.3 Å². The second-order valence-corrected chi connectivity index (χ2v) is 9.24. The molecule has 156 valence electrons. The first-order valence-electron chi connectivity index (χ1n) is 9.07. The summed E-state index contributed by atoms with van der Waals surface area (Å²) in [5.74, 6) is 0.560. The highest BCUT2D eigenvalue weighted by Gasteiger charge is 2.34. The van der Waals surface area contributed by atoms with Gasteiger partial charge in [-0.3, -0.25) is 9.10 Å². The van der Waals surface area contributed by atoms with E-state index in [9.17, 15) is 13.2 Å². The number of carbonyl (C=O) groups is 1. The zero-order valence-electron chi connectivity index (χ0n) is 16.4. The summed E-state index contributed by atoms with van der Waals surface area (Å²) in [6.45, 7) is 4.15. The molecule has 7 nitrogen and oxygen atoms in total. The van der Waals surface area contributed by atoms with Crippen LogP contribution in [0.2, 0.25) is 5.02 Å². The van der Waals surface area contributed by atoms with Crippen LogP contribution < -0.4 is 19.1 Å². The Labute approximate surface area is 175 Å². The molecule has 2 aromatic carbocycles. The first-order valence-corrected chi connectivity index (χ1v) is 11.3. The first-order chi connectivity index (χ1) is 13.6. The molecular formula is C20H23ClN2O5S. The van der Waals surface area contributed by atoms with Gasteiger partial charge in [0, 0.05) is 5.02 Å². The smallest absolute Gasteiger partial charge is 0.263 e. The van der Waals surface area contributed by atoms with Gasteiger partial charge in [0.1, 0.15) is 18.1 Å². The maximum absolute atomic E-state index is 12.5. The summed E-state index contributed by atoms with van der Waals surface area (Å²) in [4.78, 5) is 12.5. The molecule has 0 radical (unpaired) electrons. The summed E-state index contributed by atoms with van der Waals surface area (Å²) in [6, 6.07) is 10.6. The largest absolute Gasteiger partial charge is 0.492 e. The Balaban J connectivity index is 1.60. The maximum atomic E-state index is 12.5. The van der Waals surface area contributed by atoms with Crippen LogP contribution in [0.15, 0.2) is 36.4 Å². The Morgan fingerprint density at radius 2 is 2.03 bits per heavy atom. The molecule has 0 saturated heterocycles. The van der Waals surface area contributed by atoms with Gasteiger partial charge in [-0.25, -0.2) is 8.42 Å². The highest BCUT2D eigenvalue weighted by atomic mass is 35.5. The number of fused-ring (bicyclic) bond motifs is 1. The number of sulfonamides is 1. The van der Waals surface area contributed by atoms with E-state index in [2.05, 4.69) is 5.32 Å². The number of aryl methyl sites for hydroxylation is 2. The number of hydrogen-bond acceptors (Lipinski definition) is 5. The number of nitrogens with one attached hydrogen (secondary N) is 1. The minimum atomic E-state index is -3.56. The quantitative estimate of drug-likeness (QED) is 0.701. The van der Waals surface area contributed by atoms with E-state index in [1.807, 2.05) is 19.9 Å². The van der Waals surface area contributed by atoms with Crippen molar-refractivity contribution in [1.82, 2.24) is 5.32 Å². The van der Waals surface area contributed by atoms with E-state index in [0.717, 1.165) is 17.4 Å². The van der Waals surface area contributed by atoms with Crippen LogP contribution in [0, 0.1) is 13.8 Å². The second kappa shape index (κ2) is 8.51. The van der Waals surface area contributed by atoms with E-state index in [-0.39, 0.29) is 19.7 Å². The van der Waals surface area contributed by atoms with E-state index in [0.29, 0.717) is 22.2 Å². The van der Waals surface area contributed by atoms with Crippen molar-refractivity contribution in [1.29, 1.82) is 0 Å². The summed E-state index contributed by atoms with van der Waals surface area (Å²) >= 11 is 6.06. The third kappa shape index (κ3) is 5.13. The predicted molar refractivity (Wildman–Crippen MR) is 112 cm³/mol. The lowest BCUT2D eigenvalue weighted by Gasteiger charge is -2.34. The molecule has 1 aliphatic heterocycles. The van der Waals surface area contributed by atoms with Crippen LogP contribution in [-0.2, 0) is 14.8 Å². The summed E-state index contributed by atoms with van der Waals surface area (Å²) in [5, 5.41) is 3.33. The van der Waals surface area contributed by atoms with Crippen molar-refractivity contribution in [2.75, 3.05) is 30.3 Å². The molecule has 0 fully saturated rings. The molecule has 0 aliphatic carbocycles. The van der Waals surface area contributed by atoms with Gasteiger partial charge in [0.05, 0.1) is 25.0 Å². The Kier molecular flexibility index (Phi) is 6.24. The molecule has 1 heterocycles. The number of ether oxygens (including phenoxy) is 2. The van der Waals surface area contributed by atoms with Gasteiger partial charge in [0.2, 0.25) is 10.0 Å². The normalized spacial score (nSPS) is 16.0. The van der Waals surface area contributed by atoms with E-state index >= 15 is 0 Å². The number of halogens is 1. The van der Waals surface area contributed by atoms with Crippen LogP contribution in [0.4, 0.5) is 5.69 Å². The molecule has 0 aromatic heterocycles. The summed E-state index contributed by atoms with van der Waals surface area (Å²) < 4.78 is 36.9. The molecule has 3 rings (SSSR count). The summed E-state index contributed by atoms with van der Waals surface area (Å²) in [7, 11) is -3.56. The fourth-order valence-corrected chi connectivity index (χ4v) is 4.01. The average Bonchev–Trinajstić information content (AvgIpc) is 2.66. The molecule has 0 unspecified atom stereocenters. The maximum Gasteiger partial charge on any atom is 0.263 e. The van der Waals surface area contributed by atoms with Gasteiger partial charge in [-0.1, -0.05) is 23.7 Å². The van der Waals surface area contributed by atoms with Crippen molar-refractivity contribution in [2.24, 2.45) is 0 Å². The third-order valence-electron chi connectivity index (χ3n) is 4.49. The third-order valence-corrected chi connectivity index (χ3v) is 6.04. The zero-order chi connectivity index (χ0) is 21.2. The average molecular weight is 439 g/mol. The number of anilines is 1. The molecule has 2 aromatic rings. The second-order valence-electron chi connectivity index (χ2n) is 6.92. The van der Waals surface area contributed by atoms with Crippen LogP contribution >= 0.6 is 11.6 Å². The zero-order valence-corrected chi connectivity index (χ0v) is 18.0. The fraction of sp³-hybridized carbons (Fsp3) is 0.350. The minimum Gasteiger partial charge on any atom is -0.492 e. The van der Waals surface area contributed by atoms with Gasteiger partial charge in [-0.2, -0.15) is 0 Å². The van der Waals surface area contributed by atoms with Crippen molar-refractivity contribution >= 4 is 33.2 Å². The molecule has 1 N–H and O–H groups in total. The Morgan fingerprint density at radius 1 is 1.28 bits per heavy atom. The number of hydrogen-bond donors (Lipinski definition) is 1. The van der Waals surface area contributed by atoms with Gasteiger partial charge < -0.3 is 14.8 Å². The van der Waals surface area contributed by atoms with Gasteiger partial charge in [-0.15, -0.1) is 0 Å². The van der Waals surface area contributed by atoms with Crippen LogP contribution in [0.1, 0.15) is 11.1 Å². The highest BCUT2D eigenvalue weighted by Crippen LogP contribution is 2.35. The van der Waals surface area contributed by atoms with Gasteiger partial charge in [0.15, 0.2) is 6.10 Å². The molecule has 1 atom stereocenters. The SMILES string of the molecule is Cc1ccc2c(c1)N(S(C)(=O)=O)C[C@@H](C(=O)NCCOc1ccc(C)c(Cl)c1)O2. The number of rotatable bonds is 6. The van der Waals surface area contributed by atoms with Crippen molar-refractivity contribution in [3.63, 3.8) is 0 Å². The van der Waals surface area contributed by atoms with Crippen LogP contribution in [-0.4, -0.2) is 46.4 Å². The first kappa shape index (κ1) is 21.3. The van der Waals surface area contributed by atoms with Crippen molar-refractivity contribution in [3.05, 3.63) is 52.5 Å². The molecule has 0 spiro atoms. The number of carbonyl (C=O) groups excluding carboxylic acids is 1. The molecular weight excluding hydrogens is 416 g/mol. The number of amides is 1. The monoisotopic (exact) mass is 438 g/mol. The topological polar surface area (TPSA) is 84.9 Å². The van der Waals surface area contributed by atoms with E-state index in [4.69, 9.17) is 21.1 Å². The van der Waals surface area contributed by atoms with Crippen molar-refractivity contribution < 1.29 is 22.7 Å². The number of benzene rings is 2. The molecule has 1 amide bonds. The molecule has 9 heteroatoms. The van der Waals surface area contributed by atoms with E-state index < -0.39 is 22.0 Å². The van der Waals surface area contributed by atoms with Crippen LogP contribution in [0.3, 0.4) is 0 Å². The van der Waals surface area contributed by atoms with Gasteiger partial charge in [-0.05, 0) is 49.2 Å². The lowest BCUT2D eigenvalue weighted by Crippen LogP contribution is -2.51. The lowest BCUT2D eigenvalue weighted by atomic mass is 10.1. The van der Waals surface area contributed by atoms with Gasteiger partial charge >= 0.3 is 0 Å². The van der Waals surface area contributed by atoms with Crippen LogP contribution in [0.25, 0.3) is 0 Å². The standard InChI is InChI=1S/C20H23ClN2O5S/c1-13-4-7-18-17(10-13)23(29(3,25)26)12-19(28-18)20(24)22-8-9-27-15-6-5-14(2)16(21)11-15/h4-7,10-11,19H,8-9,12H2,1-3H3,(H,22,24)/t19-/m0/s1. The van der Waals surface area contributed by atoms with Crippen molar-refractivity contribution in [2.45, 2.75) is 20.0 Å². The predicted octanol–water partition coefficient (Wildman–Crippen LogP) is 2.68. The molecule has 29 heavy (non-hydrogen) atoms. The molecule has 0 bridgehead atoms. The Bertz CT molecular complexity index is 1030. The number of nitrogens with zero attached hydrogens (tertiary/aromatic N) is 1. The van der Waals surface area contributed by atoms with Crippen molar-refractivity contribution in [3.8, 4) is 11.5 Å². The highest BCUT2D eigenvalue weighted by molar-refractivity contribution is 7.92. The van der Waals surface area contributed by atoms with E-state index in [1.165, 1.54) is 4.31 Å². The Hall–Kier alpha value is -2.45. The molecule has 0 saturated carbocycles. The van der Waals surface area contributed by atoms with Gasteiger partial charge in [0.25, 0.3) is 5.91 Å². The Morgan fingerprint density at radius 3 is 2.72 bits per heavy atom.